The van der Waals surface area contributed by atoms with Gasteiger partial charge in [-0.15, -0.1) is 0 Å². The van der Waals surface area contributed by atoms with Crippen molar-refractivity contribution in [2.75, 3.05) is 13.1 Å². The first-order valence-electron chi connectivity index (χ1n) is 7.55. The molecule has 3 rings (SSSR count). The van der Waals surface area contributed by atoms with Crippen LogP contribution in [0.25, 0.3) is 0 Å². The summed E-state index contributed by atoms with van der Waals surface area (Å²) in [6, 6.07) is 5.34. The largest absolute Gasteiger partial charge is 0.348 e. The molecule has 1 aliphatic heterocycles. The third kappa shape index (κ3) is 2.80. The van der Waals surface area contributed by atoms with Gasteiger partial charge in [-0.2, -0.15) is 4.31 Å². The number of benzene rings is 1. The minimum absolute atomic E-state index is 0.144. The molecule has 1 aromatic carbocycles. The lowest BCUT2D eigenvalue weighted by molar-refractivity contribution is 0.310. The average molecular weight is 319 g/mol. The fourth-order valence-corrected chi connectivity index (χ4v) is 4.52. The molecular weight excluding hydrogens is 298 g/mol. The number of hydrogen-bond donors (Lipinski definition) is 1. The fraction of sp³-hybridized carbons (Fsp3) is 0.438. The first-order valence-corrected chi connectivity index (χ1v) is 8.99. The maximum atomic E-state index is 12.9. The number of nitrogens with zero attached hydrogens (tertiary/aromatic N) is 2. The molecule has 6 heteroatoms. The third-order valence-corrected chi connectivity index (χ3v) is 6.27. The SMILES string of the molecule is Cc1ccc(S(=O)(=O)N2CCC[C@H](c3ncc[nH]3)C2)cc1C. The highest BCUT2D eigenvalue weighted by molar-refractivity contribution is 7.89. The number of imidazole rings is 1. The van der Waals surface area contributed by atoms with Gasteiger partial charge >= 0.3 is 0 Å². The highest BCUT2D eigenvalue weighted by Crippen LogP contribution is 2.29. The van der Waals surface area contributed by atoms with Crippen LogP contribution < -0.4 is 0 Å². The zero-order valence-corrected chi connectivity index (χ0v) is 13.7. The normalized spacial score (nSPS) is 20.2. The zero-order chi connectivity index (χ0) is 15.7. The Labute approximate surface area is 131 Å². The number of aryl methyl sites for hydroxylation is 2. The van der Waals surface area contributed by atoms with Gasteiger partial charge < -0.3 is 4.98 Å². The molecule has 0 amide bonds. The second-order valence-corrected chi connectivity index (χ2v) is 7.86. The predicted octanol–water partition coefficient (Wildman–Crippen LogP) is 2.59. The molecule has 0 radical (unpaired) electrons. The molecule has 2 heterocycles. The minimum atomic E-state index is -3.43. The van der Waals surface area contributed by atoms with Crippen LogP contribution in [0.3, 0.4) is 0 Å². The molecule has 2 aromatic rings. The van der Waals surface area contributed by atoms with E-state index in [1.54, 1.807) is 28.8 Å². The molecule has 0 spiro atoms. The van der Waals surface area contributed by atoms with Crippen LogP contribution in [0.2, 0.25) is 0 Å². The molecular formula is C16H21N3O2S. The average Bonchev–Trinajstić information content (AvgIpc) is 3.04. The smallest absolute Gasteiger partial charge is 0.243 e. The summed E-state index contributed by atoms with van der Waals surface area (Å²) in [6.45, 7) is 4.99. The van der Waals surface area contributed by atoms with Crippen molar-refractivity contribution in [3.05, 3.63) is 47.5 Å². The predicted molar refractivity (Wildman–Crippen MR) is 85.2 cm³/mol. The summed E-state index contributed by atoms with van der Waals surface area (Å²) in [5.41, 5.74) is 2.10. The fourth-order valence-electron chi connectivity index (χ4n) is 2.91. The molecule has 1 atom stereocenters. The van der Waals surface area contributed by atoms with Gasteiger partial charge in [0, 0.05) is 31.4 Å². The molecule has 1 aromatic heterocycles. The van der Waals surface area contributed by atoms with Crippen molar-refractivity contribution < 1.29 is 8.42 Å². The van der Waals surface area contributed by atoms with Gasteiger partial charge in [0.25, 0.3) is 0 Å². The van der Waals surface area contributed by atoms with E-state index < -0.39 is 10.0 Å². The molecule has 1 saturated heterocycles. The van der Waals surface area contributed by atoms with Crippen LogP contribution in [0.15, 0.2) is 35.5 Å². The van der Waals surface area contributed by atoms with Crippen molar-refractivity contribution in [2.45, 2.75) is 37.5 Å². The molecule has 22 heavy (non-hydrogen) atoms. The van der Waals surface area contributed by atoms with Gasteiger partial charge in [-0.1, -0.05) is 6.07 Å². The molecule has 0 unspecified atom stereocenters. The Bertz CT molecular complexity index is 754. The van der Waals surface area contributed by atoms with Crippen LogP contribution in [0.4, 0.5) is 0 Å². The summed E-state index contributed by atoms with van der Waals surface area (Å²) >= 11 is 0. The standard InChI is InChI=1S/C16H21N3O2S/c1-12-5-6-15(10-13(12)2)22(20,21)19-9-3-4-14(11-19)16-17-7-8-18-16/h5-8,10,14H,3-4,9,11H2,1-2H3,(H,17,18)/t14-/m0/s1. The topological polar surface area (TPSA) is 66.1 Å². The van der Waals surface area contributed by atoms with E-state index in [0.29, 0.717) is 18.0 Å². The lowest BCUT2D eigenvalue weighted by Crippen LogP contribution is -2.39. The van der Waals surface area contributed by atoms with Gasteiger partial charge in [0.15, 0.2) is 0 Å². The summed E-state index contributed by atoms with van der Waals surface area (Å²) < 4.78 is 27.3. The Hall–Kier alpha value is -1.66. The second-order valence-electron chi connectivity index (χ2n) is 5.92. The number of aromatic nitrogens is 2. The monoisotopic (exact) mass is 319 g/mol. The van der Waals surface area contributed by atoms with Gasteiger partial charge in [0.2, 0.25) is 10.0 Å². The third-order valence-electron chi connectivity index (χ3n) is 4.41. The molecule has 5 nitrogen and oxygen atoms in total. The lowest BCUT2D eigenvalue weighted by Gasteiger charge is -2.31. The van der Waals surface area contributed by atoms with Crippen LogP contribution in [0.5, 0.6) is 0 Å². The molecule has 1 fully saturated rings. The lowest BCUT2D eigenvalue weighted by atomic mass is 9.99. The molecule has 118 valence electrons. The van der Waals surface area contributed by atoms with E-state index in [4.69, 9.17) is 0 Å². The maximum absolute atomic E-state index is 12.9. The number of piperidine rings is 1. The van der Waals surface area contributed by atoms with Gasteiger partial charge in [-0.05, 0) is 49.9 Å². The maximum Gasteiger partial charge on any atom is 0.243 e. The van der Waals surface area contributed by atoms with Crippen LogP contribution in [0.1, 0.15) is 35.7 Å². The Morgan fingerprint density at radius 3 is 2.77 bits per heavy atom. The summed E-state index contributed by atoms with van der Waals surface area (Å²) in [5, 5.41) is 0. The van der Waals surface area contributed by atoms with Gasteiger partial charge in [-0.25, -0.2) is 13.4 Å². The second kappa shape index (κ2) is 5.85. The van der Waals surface area contributed by atoms with E-state index in [2.05, 4.69) is 9.97 Å². The van der Waals surface area contributed by atoms with Crippen molar-refractivity contribution in [3.63, 3.8) is 0 Å². The van der Waals surface area contributed by atoms with Crippen molar-refractivity contribution >= 4 is 10.0 Å². The highest BCUT2D eigenvalue weighted by Gasteiger charge is 2.31. The van der Waals surface area contributed by atoms with Crippen LogP contribution in [0, 0.1) is 13.8 Å². The van der Waals surface area contributed by atoms with Gasteiger partial charge in [0.1, 0.15) is 5.82 Å². The van der Waals surface area contributed by atoms with Gasteiger partial charge in [0.05, 0.1) is 4.90 Å². The number of rotatable bonds is 3. The number of aromatic amines is 1. The Morgan fingerprint density at radius 1 is 1.27 bits per heavy atom. The van der Waals surface area contributed by atoms with Crippen molar-refractivity contribution in [2.24, 2.45) is 0 Å². The van der Waals surface area contributed by atoms with E-state index in [1.807, 2.05) is 19.9 Å². The quantitative estimate of drug-likeness (QED) is 0.945. The Morgan fingerprint density at radius 2 is 2.09 bits per heavy atom. The molecule has 0 saturated carbocycles. The summed E-state index contributed by atoms with van der Waals surface area (Å²) in [4.78, 5) is 7.77. The number of hydrogen-bond acceptors (Lipinski definition) is 3. The highest BCUT2D eigenvalue weighted by atomic mass is 32.2. The number of H-pyrrole nitrogens is 1. The molecule has 1 N–H and O–H groups in total. The first kappa shape index (κ1) is 15.2. The van der Waals surface area contributed by atoms with E-state index >= 15 is 0 Å². The summed E-state index contributed by atoms with van der Waals surface area (Å²) in [7, 11) is -3.43. The van der Waals surface area contributed by atoms with Crippen LogP contribution in [-0.4, -0.2) is 35.8 Å². The zero-order valence-electron chi connectivity index (χ0n) is 12.9. The van der Waals surface area contributed by atoms with E-state index in [-0.39, 0.29) is 5.92 Å². The molecule has 0 bridgehead atoms. The van der Waals surface area contributed by atoms with E-state index in [9.17, 15) is 8.42 Å². The van der Waals surface area contributed by atoms with Crippen molar-refractivity contribution in [1.82, 2.24) is 14.3 Å². The Balaban J connectivity index is 1.86. The summed E-state index contributed by atoms with van der Waals surface area (Å²) in [6.07, 6.45) is 5.32. The van der Waals surface area contributed by atoms with Crippen molar-refractivity contribution in [3.8, 4) is 0 Å². The van der Waals surface area contributed by atoms with E-state index in [1.165, 1.54) is 0 Å². The minimum Gasteiger partial charge on any atom is -0.348 e. The van der Waals surface area contributed by atoms with E-state index in [0.717, 1.165) is 29.8 Å². The molecule has 0 aliphatic carbocycles. The number of nitrogens with one attached hydrogen (secondary N) is 1. The van der Waals surface area contributed by atoms with Gasteiger partial charge in [-0.3, -0.25) is 0 Å². The molecule has 1 aliphatic rings. The summed E-state index contributed by atoms with van der Waals surface area (Å²) in [5.74, 6) is 1.02. The van der Waals surface area contributed by atoms with Crippen molar-refractivity contribution in [1.29, 1.82) is 0 Å². The Kier molecular flexibility index (Phi) is 4.06. The number of sulfonamides is 1. The van der Waals surface area contributed by atoms with Crippen LogP contribution in [-0.2, 0) is 10.0 Å². The van der Waals surface area contributed by atoms with Crippen LogP contribution >= 0.6 is 0 Å². The first-order chi connectivity index (χ1) is 10.5.